The Morgan fingerprint density at radius 3 is 2.68 bits per heavy atom. The maximum Gasteiger partial charge on any atom is 0.261 e. The van der Waals surface area contributed by atoms with E-state index in [1.165, 1.54) is 18.2 Å². The van der Waals surface area contributed by atoms with Gasteiger partial charge < -0.3 is 9.64 Å². The summed E-state index contributed by atoms with van der Waals surface area (Å²) in [6.45, 7) is 4.40. The van der Waals surface area contributed by atoms with Crippen LogP contribution in [0.4, 0.5) is 10.1 Å². The molecule has 0 aliphatic carbocycles. The fourth-order valence-electron chi connectivity index (χ4n) is 5.60. The van der Waals surface area contributed by atoms with Gasteiger partial charge in [0.2, 0.25) is 5.03 Å². The Kier molecular flexibility index (Phi) is 6.60. The summed E-state index contributed by atoms with van der Waals surface area (Å²) in [7, 11) is -3.67. The highest BCUT2D eigenvalue weighted by atomic mass is 32.2. The lowest BCUT2D eigenvalue weighted by molar-refractivity contribution is 0.0500. The minimum atomic E-state index is -3.67. The second-order valence-electron chi connectivity index (χ2n) is 10.2. The van der Waals surface area contributed by atoms with Gasteiger partial charge in [-0.1, -0.05) is 35.5 Å². The molecule has 2 fully saturated rings. The zero-order chi connectivity index (χ0) is 25.4. The third-order valence-corrected chi connectivity index (χ3v) is 9.16. The fourth-order valence-corrected chi connectivity index (χ4v) is 6.50. The number of likely N-dealkylation sites (tertiary alicyclic amines) is 1. The van der Waals surface area contributed by atoms with Gasteiger partial charge in [-0.25, -0.2) is 17.5 Å². The summed E-state index contributed by atoms with van der Waals surface area (Å²) < 4.78 is 48.2. The van der Waals surface area contributed by atoms with Gasteiger partial charge in [-0.2, -0.15) is 0 Å². The molecule has 9 nitrogen and oxygen atoms in total. The van der Waals surface area contributed by atoms with E-state index in [1.807, 2.05) is 17.0 Å². The first-order valence-electron chi connectivity index (χ1n) is 12.8. The number of H-pyrrole nitrogens is 1. The van der Waals surface area contributed by atoms with Crippen molar-refractivity contribution < 1.29 is 17.5 Å². The molecule has 3 aliphatic heterocycles. The van der Waals surface area contributed by atoms with Crippen molar-refractivity contribution in [3.8, 4) is 5.75 Å². The van der Waals surface area contributed by atoms with E-state index < -0.39 is 10.0 Å². The van der Waals surface area contributed by atoms with Gasteiger partial charge in [-0.05, 0) is 49.9 Å². The number of anilines is 1. The van der Waals surface area contributed by atoms with Gasteiger partial charge in [-0.3, -0.25) is 10.00 Å². The number of fused-ring (bicyclic) bond motifs is 1. The van der Waals surface area contributed by atoms with Crippen LogP contribution in [-0.4, -0.2) is 74.1 Å². The molecular weight excluding hydrogens is 495 g/mol. The van der Waals surface area contributed by atoms with Crippen LogP contribution >= 0.6 is 0 Å². The van der Waals surface area contributed by atoms with Crippen LogP contribution < -0.4 is 14.4 Å². The van der Waals surface area contributed by atoms with E-state index in [9.17, 15) is 8.42 Å². The Hall–Kier alpha value is -3.02. The first-order valence-corrected chi connectivity index (χ1v) is 14.3. The molecule has 3 aliphatic rings. The molecule has 2 aromatic carbocycles. The Labute approximate surface area is 216 Å². The molecule has 0 radical (unpaired) electrons. The lowest BCUT2D eigenvalue weighted by atomic mass is 9.81. The summed E-state index contributed by atoms with van der Waals surface area (Å²) in [5.74, 6) is 0.887. The molecule has 2 N–H and O–H groups in total. The summed E-state index contributed by atoms with van der Waals surface area (Å²) in [5, 5.41) is 9.28. The number of aromatic amines is 1. The minimum Gasteiger partial charge on any atom is -0.492 e. The molecule has 0 spiro atoms. The molecule has 3 aromatic rings. The van der Waals surface area contributed by atoms with Crippen molar-refractivity contribution in [2.24, 2.45) is 5.92 Å². The van der Waals surface area contributed by atoms with Gasteiger partial charge in [0, 0.05) is 37.2 Å². The van der Waals surface area contributed by atoms with Gasteiger partial charge in [0.05, 0.1) is 17.9 Å². The molecule has 0 amide bonds. The maximum absolute atomic E-state index is 15.2. The summed E-state index contributed by atoms with van der Waals surface area (Å²) in [6.07, 6.45) is 4.00. The van der Waals surface area contributed by atoms with E-state index in [-0.39, 0.29) is 28.7 Å². The zero-order valence-corrected chi connectivity index (χ0v) is 21.3. The third-order valence-electron chi connectivity index (χ3n) is 7.82. The standard InChI is InChI=1S/C26H31FN6O3S/c27-22-13-25-21(20(11-18-5-2-1-3-6-18)24(17-36-25)32-9-4-10-32)12-23(22)33-15-19(16-33)7-8-29-37(34,35)26-14-28-31-30-26/h1-3,5-6,12-14,19-20,24,29H,4,7-11,15-17H2,(H,28,30,31). The maximum atomic E-state index is 15.2. The summed E-state index contributed by atoms with van der Waals surface area (Å²) in [6, 6.07) is 14.3. The molecule has 196 valence electrons. The van der Waals surface area contributed by atoms with Crippen molar-refractivity contribution in [1.82, 2.24) is 25.0 Å². The molecule has 11 heteroatoms. The first-order chi connectivity index (χ1) is 18.0. The molecule has 0 bridgehead atoms. The van der Waals surface area contributed by atoms with Crippen molar-refractivity contribution in [1.29, 1.82) is 0 Å². The van der Waals surface area contributed by atoms with Crippen molar-refractivity contribution in [3.05, 3.63) is 65.6 Å². The van der Waals surface area contributed by atoms with E-state index >= 15 is 4.39 Å². The normalized spacial score (nSPS) is 22.1. The number of nitrogens with zero attached hydrogens (tertiary/aromatic N) is 4. The van der Waals surface area contributed by atoms with Crippen molar-refractivity contribution >= 4 is 15.7 Å². The predicted molar refractivity (Wildman–Crippen MR) is 137 cm³/mol. The van der Waals surface area contributed by atoms with Crippen LogP contribution in [0.2, 0.25) is 0 Å². The van der Waals surface area contributed by atoms with E-state index in [1.54, 1.807) is 6.07 Å². The second-order valence-corrected chi connectivity index (χ2v) is 11.9. The largest absolute Gasteiger partial charge is 0.492 e. The molecular formula is C26H31FN6O3S. The third kappa shape index (κ3) is 4.95. The molecule has 6 rings (SSSR count). The number of hydrogen-bond acceptors (Lipinski definition) is 7. The average Bonchev–Trinajstić information content (AvgIpc) is 3.38. The number of halogens is 1. The van der Waals surface area contributed by atoms with Crippen molar-refractivity contribution in [2.75, 3.05) is 44.2 Å². The fraction of sp³-hybridized carbons (Fsp3) is 0.462. The molecule has 2 unspecified atom stereocenters. The van der Waals surface area contributed by atoms with E-state index in [2.05, 4.69) is 49.3 Å². The number of ether oxygens (including phenoxy) is 1. The molecule has 0 saturated carbocycles. The van der Waals surface area contributed by atoms with Crippen LogP contribution in [-0.2, 0) is 16.4 Å². The smallest absolute Gasteiger partial charge is 0.261 e. The molecule has 37 heavy (non-hydrogen) atoms. The number of rotatable bonds is 9. The van der Waals surface area contributed by atoms with E-state index in [0.717, 1.165) is 25.1 Å². The van der Waals surface area contributed by atoms with Crippen molar-refractivity contribution in [2.45, 2.75) is 36.2 Å². The number of aromatic nitrogens is 3. The van der Waals surface area contributed by atoms with Crippen LogP contribution in [0, 0.1) is 11.7 Å². The van der Waals surface area contributed by atoms with Gasteiger partial charge in [-0.15, -0.1) is 5.10 Å². The van der Waals surface area contributed by atoms with Crippen LogP contribution in [0.5, 0.6) is 5.75 Å². The summed E-state index contributed by atoms with van der Waals surface area (Å²) in [5.41, 5.74) is 2.95. The zero-order valence-electron chi connectivity index (χ0n) is 20.5. The van der Waals surface area contributed by atoms with Crippen LogP contribution in [0.25, 0.3) is 0 Å². The summed E-state index contributed by atoms with van der Waals surface area (Å²) in [4.78, 5) is 4.53. The van der Waals surface area contributed by atoms with E-state index in [4.69, 9.17) is 4.74 Å². The monoisotopic (exact) mass is 526 g/mol. The highest BCUT2D eigenvalue weighted by Crippen LogP contribution is 2.43. The Balaban J connectivity index is 1.14. The molecule has 2 atom stereocenters. The van der Waals surface area contributed by atoms with Crippen LogP contribution in [0.15, 0.2) is 53.7 Å². The quantitative estimate of drug-likeness (QED) is 0.442. The first kappa shape index (κ1) is 24.3. The van der Waals surface area contributed by atoms with Gasteiger partial charge in [0.15, 0.2) is 0 Å². The average molecular weight is 527 g/mol. The van der Waals surface area contributed by atoms with E-state index in [0.29, 0.717) is 44.1 Å². The summed E-state index contributed by atoms with van der Waals surface area (Å²) >= 11 is 0. The highest BCUT2D eigenvalue weighted by molar-refractivity contribution is 7.89. The van der Waals surface area contributed by atoms with Crippen LogP contribution in [0.3, 0.4) is 0 Å². The number of benzene rings is 2. The van der Waals surface area contributed by atoms with Crippen LogP contribution in [0.1, 0.15) is 29.9 Å². The SMILES string of the molecule is O=S(=O)(NCCC1CN(c2cc3c(cc2F)OCC(N2CCC2)C3Cc2ccccc2)C1)c1c[nH]nn1. The predicted octanol–water partition coefficient (Wildman–Crippen LogP) is 2.54. The second kappa shape index (κ2) is 10.0. The molecule has 4 heterocycles. The lowest BCUT2D eigenvalue weighted by Gasteiger charge is -2.46. The highest BCUT2D eigenvalue weighted by Gasteiger charge is 2.39. The van der Waals surface area contributed by atoms with Gasteiger partial charge in [0.25, 0.3) is 10.0 Å². The number of hydrogen-bond donors (Lipinski definition) is 2. The van der Waals surface area contributed by atoms with Gasteiger partial charge >= 0.3 is 0 Å². The Morgan fingerprint density at radius 1 is 1.16 bits per heavy atom. The van der Waals surface area contributed by atoms with Crippen molar-refractivity contribution in [3.63, 3.8) is 0 Å². The molecule has 2 saturated heterocycles. The Morgan fingerprint density at radius 2 is 1.97 bits per heavy atom. The van der Waals surface area contributed by atoms with Gasteiger partial charge in [0.1, 0.15) is 18.2 Å². The molecule has 1 aromatic heterocycles. The Bertz CT molecular complexity index is 1330. The lowest BCUT2D eigenvalue weighted by Crippen LogP contribution is -2.52. The number of sulfonamides is 1. The number of nitrogens with one attached hydrogen (secondary N) is 2. The minimum absolute atomic E-state index is 0.123. The topological polar surface area (TPSA) is 103 Å².